The number of pyridine rings is 1. The summed E-state index contributed by atoms with van der Waals surface area (Å²) in [4.78, 5) is 16.5. The van der Waals surface area contributed by atoms with E-state index in [0.717, 1.165) is 22.0 Å². The molecule has 0 radical (unpaired) electrons. The van der Waals surface area contributed by atoms with Crippen molar-refractivity contribution in [1.29, 1.82) is 0 Å². The molecule has 3 rings (SSSR count). The zero-order chi connectivity index (χ0) is 18.7. The standard InChI is InChI=1S/C21H21FN2O2/c1-4-26-19-12-20(24-21(25)13(2)3)23-18-10-7-15(11-17(18)19)14-5-8-16(22)9-6-14/h5-13H,4H2,1-3H3,(H,23,24,25). The highest BCUT2D eigenvalue weighted by Crippen LogP contribution is 2.32. The van der Waals surface area contributed by atoms with Crippen LogP contribution < -0.4 is 10.1 Å². The molecule has 5 heteroatoms. The molecular weight excluding hydrogens is 331 g/mol. The van der Waals surface area contributed by atoms with Crippen molar-refractivity contribution in [1.82, 2.24) is 4.98 Å². The first-order valence-electron chi connectivity index (χ1n) is 8.62. The molecule has 1 amide bonds. The number of amides is 1. The summed E-state index contributed by atoms with van der Waals surface area (Å²) in [5, 5.41) is 3.66. The predicted molar refractivity (Wildman–Crippen MR) is 102 cm³/mol. The number of ether oxygens (including phenoxy) is 1. The Balaban J connectivity index is 2.06. The fourth-order valence-corrected chi connectivity index (χ4v) is 2.63. The Hall–Kier alpha value is -2.95. The molecule has 0 unspecified atom stereocenters. The van der Waals surface area contributed by atoms with E-state index in [2.05, 4.69) is 10.3 Å². The summed E-state index contributed by atoms with van der Waals surface area (Å²) < 4.78 is 18.9. The molecular formula is C21H21FN2O2. The molecule has 0 bridgehead atoms. The highest BCUT2D eigenvalue weighted by atomic mass is 19.1. The van der Waals surface area contributed by atoms with Crippen LogP contribution in [0.1, 0.15) is 20.8 Å². The first kappa shape index (κ1) is 17.9. The van der Waals surface area contributed by atoms with E-state index in [1.54, 1.807) is 18.2 Å². The number of hydrogen-bond acceptors (Lipinski definition) is 3. The quantitative estimate of drug-likeness (QED) is 0.700. The van der Waals surface area contributed by atoms with E-state index in [1.807, 2.05) is 39.0 Å². The van der Waals surface area contributed by atoms with E-state index in [-0.39, 0.29) is 17.6 Å². The number of nitrogens with zero attached hydrogens (tertiary/aromatic N) is 1. The lowest BCUT2D eigenvalue weighted by Crippen LogP contribution is -2.18. The molecule has 1 heterocycles. The Morgan fingerprint density at radius 3 is 2.46 bits per heavy atom. The summed E-state index contributed by atoms with van der Waals surface area (Å²) in [6.07, 6.45) is 0. The van der Waals surface area contributed by atoms with Crippen LogP contribution in [0.25, 0.3) is 22.0 Å². The van der Waals surface area contributed by atoms with Gasteiger partial charge in [0.05, 0.1) is 12.1 Å². The van der Waals surface area contributed by atoms with Crippen molar-refractivity contribution in [2.45, 2.75) is 20.8 Å². The second-order valence-electron chi connectivity index (χ2n) is 6.32. The van der Waals surface area contributed by atoms with Crippen LogP contribution in [0.15, 0.2) is 48.5 Å². The second kappa shape index (κ2) is 7.52. The van der Waals surface area contributed by atoms with Crippen LogP contribution in [0.2, 0.25) is 0 Å². The van der Waals surface area contributed by atoms with Crippen molar-refractivity contribution < 1.29 is 13.9 Å². The highest BCUT2D eigenvalue weighted by molar-refractivity contribution is 5.95. The minimum Gasteiger partial charge on any atom is -0.493 e. The van der Waals surface area contributed by atoms with Gasteiger partial charge >= 0.3 is 0 Å². The number of benzene rings is 2. The molecule has 0 fully saturated rings. The summed E-state index contributed by atoms with van der Waals surface area (Å²) >= 11 is 0. The van der Waals surface area contributed by atoms with Gasteiger partial charge in [-0.2, -0.15) is 0 Å². The van der Waals surface area contributed by atoms with E-state index in [4.69, 9.17) is 4.74 Å². The highest BCUT2D eigenvalue weighted by Gasteiger charge is 2.12. The molecule has 0 saturated carbocycles. The summed E-state index contributed by atoms with van der Waals surface area (Å²) in [6, 6.07) is 13.9. The Kier molecular flexibility index (Phi) is 5.16. The molecule has 0 spiro atoms. The van der Waals surface area contributed by atoms with Crippen molar-refractivity contribution in [2.24, 2.45) is 5.92 Å². The van der Waals surface area contributed by atoms with Crippen molar-refractivity contribution in [3.05, 3.63) is 54.3 Å². The molecule has 0 aliphatic carbocycles. The van der Waals surface area contributed by atoms with Gasteiger partial charge in [0, 0.05) is 17.4 Å². The van der Waals surface area contributed by atoms with Crippen LogP contribution in [0, 0.1) is 11.7 Å². The third-order valence-electron chi connectivity index (χ3n) is 4.02. The molecule has 2 aromatic carbocycles. The molecule has 26 heavy (non-hydrogen) atoms. The number of hydrogen-bond donors (Lipinski definition) is 1. The molecule has 0 saturated heterocycles. The zero-order valence-corrected chi connectivity index (χ0v) is 15.0. The van der Waals surface area contributed by atoms with Gasteiger partial charge in [-0.05, 0) is 42.3 Å². The van der Waals surface area contributed by atoms with Gasteiger partial charge in [-0.25, -0.2) is 9.37 Å². The Morgan fingerprint density at radius 2 is 1.81 bits per heavy atom. The zero-order valence-electron chi connectivity index (χ0n) is 15.0. The number of aromatic nitrogens is 1. The summed E-state index contributed by atoms with van der Waals surface area (Å²) in [5.41, 5.74) is 2.58. The Labute approximate surface area is 152 Å². The molecule has 134 valence electrons. The molecule has 4 nitrogen and oxygen atoms in total. The SMILES string of the molecule is CCOc1cc(NC(=O)C(C)C)nc2ccc(-c3ccc(F)cc3)cc12. The Bertz CT molecular complexity index is 937. The van der Waals surface area contributed by atoms with Gasteiger partial charge < -0.3 is 10.1 Å². The van der Waals surface area contributed by atoms with E-state index in [0.29, 0.717) is 18.2 Å². The lowest BCUT2D eigenvalue weighted by Gasteiger charge is -2.13. The van der Waals surface area contributed by atoms with Crippen molar-refractivity contribution >= 4 is 22.6 Å². The third-order valence-corrected chi connectivity index (χ3v) is 4.02. The number of carbonyl (C=O) groups excluding carboxylic acids is 1. The smallest absolute Gasteiger partial charge is 0.228 e. The van der Waals surface area contributed by atoms with Crippen LogP contribution in [0.5, 0.6) is 5.75 Å². The number of anilines is 1. The van der Waals surface area contributed by atoms with Gasteiger partial charge in [0.15, 0.2) is 0 Å². The van der Waals surface area contributed by atoms with Crippen LogP contribution >= 0.6 is 0 Å². The van der Waals surface area contributed by atoms with E-state index < -0.39 is 0 Å². The van der Waals surface area contributed by atoms with Crippen LogP contribution in [-0.2, 0) is 4.79 Å². The number of rotatable bonds is 5. The maximum atomic E-state index is 13.2. The minimum atomic E-state index is -0.267. The van der Waals surface area contributed by atoms with Gasteiger partial charge in [0.25, 0.3) is 0 Å². The fourth-order valence-electron chi connectivity index (χ4n) is 2.63. The van der Waals surface area contributed by atoms with E-state index >= 15 is 0 Å². The van der Waals surface area contributed by atoms with E-state index in [1.165, 1.54) is 12.1 Å². The Morgan fingerprint density at radius 1 is 1.12 bits per heavy atom. The van der Waals surface area contributed by atoms with Gasteiger partial charge in [-0.1, -0.05) is 32.0 Å². The van der Waals surface area contributed by atoms with Crippen LogP contribution in [0.4, 0.5) is 10.2 Å². The lowest BCUT2D eigenvalue weighted by atomic mass is 10.0. The average molecular weight is 352 g/mol. The predicted octanol–water partition coefficient (Wildman–Crippen LogP) is 5.03. The molecule has 1 N–H and O–H groups in total. The van der Waals surface area contributed by atoms with Crippen LogP contribution in [0.3, 0.4) is 0 Å². The molecule has 0 atom stereocenters. The number of fused-ring (bicyclic) bond motifs is 1. The average Bonchev–Trinajstić information content (AvgIpc) is 2.62. The largest absolute Gasteiger partial charge is 0.493 e. The molecule has 0 aliphatic rings. The molecule has 0 aliphatic heterocycles. The fraction of sp³-hybridized carbons (Fsp3) is 0.238. The summed E-state index contributed by atoms with van der Waals surface area (Å²) in [5.74, 6) is 0.623. The molecule has 1 aromatic heterocycles. The van der Waals surface area contributed by atoms with Crippen molar-refractivity contribution in [3.63, 3.8) is 0 Å². The van der Waals surface area contributed by atoms with Gasteiger partial charge in [-0.15, -0.1) is 0 Å². The van der Waals surface area contributed by atoms with Crippen molar-refractivity contribution in [2.75, 3.05) is 11.9 Å². The van der Waals surface area contributed by atoms with Crippen LogP contribution in [-0.4, -0.2) is 17.5 Å². The third kappa shape index (κ3) is 3.82. The minimum absolute atomic E-state index is 0.0952. The summed E-state index contributed by atoms with van der Waals surface area (Å²) in [6.45, 7) is 6.06. The monoisotopic (exact) mass is 352 g/mol. The summed E-state index contributed by atoms with van der Waals surface area (Å²) in [7, 11) is 0. The maximum Gasteiger partial charge on any atom is 0.228 e. The van der Waals surface area contributed by atoms with Gasteiger partial charge in [0.2, 0.25) is 5.91 Å². The first-order chi connectivity index (χ1) is 12.5. The second-order valence-corrected chi connectivity index (χ2v) is 6.32. The van der Waals surface area contributed by atoms with Gasteiger partial charge in [-0.3, -0.25) is 4.79 Å². The first-order valence-corrected chi connectivity index (χ1v) is 8.62. The lowest BCUT2D eigenvalue weighted by molar-refractivity contribution is -0.118. The molecule has 3 aromatic rings. The number of carbonyl (C=O) groups is 1. The normalized spacial score (nSPS) is 11.0. The topological polar surface area (TPSA) is 51.2 Å². The number of halogens is 1. The maximum absolute atomic E-state index is 13.2. The number of nitrogens with one attached hydrogen (secondary N) is 1. The van der Waals surface area contributed by atoms with Gasteiger partial charge in [0.1, 0.15) is 17.4 Å². The van der Waals surface area contributed by atoms with E-state index in [9.17, 15) is 9.18 Å². The van der Waals surface area contributed by atoms with Crippen molar-refractivity contribution in [3.8, 4) is 16.9 Å².